The van der Waals surface area contributed by atoms with Gasteiger partial charge in [0.1, 0.15) is 5.70 Å². The Morgan fingerprint density at radius 1 is 1.04 bits per heavy atom. The molecule has 0 aliphatic rings. The lowest BCUT2D eigenvalue weighted by Crippen LogP contribution is -2.28. The molecular formula is C19H16Cl2N2O4. The minimum absolute atomic E-state index is 0.0812. The third kappa shape index (κ3) is 6.44. The zero-order valence-corrected chi connectivity index (χ0v) is 15.8. The Hall–Kier alpha value is -2.83. The number of carbonyl (C=O) groups excluding carboxylic acids is 3. The van der Waals surface area contributed by atoms with Crippen molar-refractivity contribution in [3.05, 3.63) is 69.8 Å². The van der Waals surface area contributed by atoms with E-state index in [0.29, 0.717) is 11.3 Å². The van der Waals surface area contributed by atoms with Crippen molar-refractivity contribution in [3.63, 3.8) is 0 Å². The predicted molar refractivity (Wildman–Crippen MR) is 104 cm³/mol. The van der Waals surface area contributed by atoms with Crippen LogP contribution in [-0.2, 0) is 19.1 Å². The monoisotopic (exact) mass is 406 g/mol. The van der Waals surface area contributed by atoms with E-state index in [2.05, 4.69) is 10.6 Å². The molecule has 0 spiro atoms. The maximum absolute atomic E-state index is 12.2. The van der Waals surface area contributed by atoms with Gasteiger partial charge in [-0.05, 0) is 23.8 Å². The number of benzene rings is 2. The maximum atomic E-state index is 12.2. The Kier molecular flexibility index (Phi) is 7.40. The van der Waals surface area contributed by atoms with E-state index >= 15 is 0 Å². The zero-order valence-electron chi connectivity index (χ0n) is 14.3. The number of amides is 2. The number of carbonyl (C=O) groups is 3. The van der Waals surface area contributed by atoms with Crippen LogP contribution in [0.15, 0.2) is 54.2 Å². The van der Waals surface area contributed by atoms with Gasteiger partial charge in [-0.25, -0.2) is 4.79 Å². The van der Waals surface area contributed by atoms with Crippen LogP contribution in [-0.4, -0.2) is 24.4 Å². The highest BCUT2D eigenvalue weighted by Gasteiger charge is 2.16. The van der Waals surface area contributed by atoms with Crippen molar-refractivity contribution < 1.29 is 19.1 Å². The fourth-order valence-electron chi connectivity index (χ4n) is 2.05. The lowest BCUT2D eigenvalue weighted by atomic mass is 10.2. The van der Waals surface area contributed by atoms with Gasteiger partial charge in [0.15, 0.2) is 6.61 Å². The van der Waals surface area contributed by atoms with Crippen molar-refractivity contribution in [1.29, 1.82) is 0 Å². The topological polar surface area (TPSA) is 84.5 Å². The SMILES string of the molecule is CC(=O)N/C(=C/c1ccccc1)C(=O)OCC(=O)Nc1cccc(Cl)c1Cl. The maximum Gasteiger partial charge on any atom is 0.355 e. The molecule has 2 N–H and O–H groups in total. The minimum Gasteiger partial charge on any atom is -0.451 e. The lowest BCUT2D eigenvalue weighted by Gasteiger charge is -2.10. The van der Waals surface area contributed by atoms with Gasteiger partial charge in [-0.2, -0.15) is 0 Å². The molecule has 27 heavy (non-hydrogen) atoms. The van der Waals surface area contributed by atoms with Gasteiger partial charge in [-0.1, -0.05) is 59.6 Å². The molecule has 0 bridgehead atoms. The molecule has 8 heteroatoms. The van der Waals surface area contributed by atoms with E-state index in [4.69, 9.17) is 27.9 Å². The molecule has 0 saturated heterocycles. The molecule has 0 unspecified atom stereocenters. The van der Waals surface area contributed by atoms with Gasteiger partial charge in [0, 0.05) is 6.92 Å². The Balaban J connectivity index is 2.02. The molecule has 0 fully saturated rings. The number of rotatable bonds is 6. The normalized spacial score (nSPS) is 10.9. The number of anilines is 1. The Morgan fingerprint density at radius 3 is 2.41 bits per heavy atom. The summed E-state index contributed by atoms with van der Waals surface area (Å²) in [6.07, 6.45) is 1.45. The second kappa shape index (κ2) is 9.75. The summed E-state index contributed by atoms with van der Waals surface area (Å²) in [6.45, 7) is 0.702. The largest absolute Gasteiger partial charge is 0.451 e. The molecule has 0 heterocycles. The number of ether oxygens (including phenoxy) is 1. The highest BCUT2D eigenvalue weighted by atomic mass is 35.5. The van der Waals surface area contributed by atoms with Crippen LogP contribution in [0.3, 0.4) is 0 Å². The highest BCUT2D eigenvalue weighted by molar-refractivity contribution is 6.44. The number of hydrogen-bond donors (Lipinski definition) is 2. The third-order valence-electron chi connectivity index (χ3n) is 3.20. The quantitative estimate of drug-likeness (QED) is 0.566. The molecule has 2 amide bonds. The lowest BCUT2D eigenvalue weighted by molar-refractivity contribution is -0.144. The third-order valence-corrected chi connectivity index (χ3v) is 4.02. The number of nitrogens with one attached hydrogen (secondary N) is 2. The Bertz CT molecular complexity index is 883. The summed E-state index contributed by atoms with van der Waals surface area (Å²) in [5.41, 5.74) is 0.905. The molecule has 140 valence electrons. The van der Waals surface area contributed by atoms with Gasteiger partial charge in [-0.15, -0.1) is 0 Å². The van der Waals surface area contributed by atoms with Gasteiger partial charge >= 0.3 is 5.97 Å². The second-order valence-electron chi connectivity index (χ2n) is 5.38. The van der Waals surface area contributed by atoms with E-state index in [9.17, 15) is 14.4 Å². The van der Waals surface area contributed by atoms with Gasteiger partial charge in [0.2, 0.25) is 5.91 Å². The molecule has 0 atom stereocenters. The highest BCUT2D eigenvalue weighted by Crippen LogP contribution is 2.29. The summed E-state index contributed by atoms with van der Waals surface area (Å²) in [4.78, 5) is 35.5. The van der Waals surface area contributed by atoms with E-state index in [1.165, 1.54) is 13.0 Å². The van der Waals surface area contributed by atoms with Crippen LogP contribution in [0.25, 0.3) is 6.08 Å². The molecule has 0 aromatic heterocycles. The van der Waals surface area contributed by atoms with Crippen LogP contribution in [0.1, 0.15) is 12.5 Å². The Labute approximate surface area is 166 Å². The average Bonchev–Trinajstić information content (AvgIpc) is 2.63. The molecule has 2 aromatic rings. The van der Waals surface area contributed by atoms with E-state index in [-0.39, 0.29) is 15.7 Å². The van der Waals surface area contributed by atoms with E-state index in [0.717, 1.165) is 0 Å². The summed E-state index contributed by atoms with van der Waals surface area (Å²) in [6, 6.07) is 13.6. The van der Waals surface area contributed by atoms with Crippen molar-refractivity contribution >= 4 is 52.7 Å². The molecule has 2 rings (SSSR count). The van der Waals surface area contributed by atoms with Crippen LogP contribution in [0.2, 0.25) is 10.0 Å². The van der Waals surface area contributed by atoms with Gasteiger partial charge in [0.05, 0.1) is 15.7 Å². The smallest absolute Gasteiger partial charge is 0.355 e. The first-order chi connectivity index (χ1) is 12.9. The first kappa shape index (κ1) is 20.5. The number of hydrogen-bond acceptors (Lipinski definition) is 4. The van der Waals surface area contributed by atoms with Gasteiger partial charge in [0.25, 0.3) is 5.91 Å². The minimum atomic E-state index is -0.846. The first-order valence-corrected chi connectivity index (χ1v) is 8.57. The summed E-state index contributed by atoms with van der Waals surface area (Å²) in [7, 11) is 0. The Morgan fingerprint density at radius 2 is 1.74 bits per heavy atom. The summed E-state index contributed by atoms with van der Waals surface area (Å²) >= 11 is 11.9. The molecule has 0 radical (unpaired) electrons. The first-order valence-electron chi connectivity index (χ1n) is 7.82. The summed E-state index contributed by atoms with van der Waals surface area (Å²) < 4.78 is 4.97. The number of esters is 1. The van der Waals surface area contributed by atoms with Crippen LogP contribution >= 0.6 is 23.2 Å². The second-order valence-corrected chi connectivity index (χ2v) is 6.16. The molecule has 6 nitrogen and oxygen atoms in total. The summed E-state index contributed by atoms with van der Waals surface area (Å²) in [5, 5.41) is 5.36. The zero-order chi connectivity index (χ0) is 19.8. The van der Waals surface area contributed by atoms with E-state index in [1.54, 1.807) is 42.5 Å². The number of halogens is 2. The summed E-state index contributed by atoms with van der Waals surface area (Å²) in [5.74, 6) is -1.89. The molecular weight excluding hydrogens is 391 g/mol. The van der Waals surface area contributed by atoms with Crippen LogP contribution < -0.4 is 10.6 Å². The van der Waals surface area contributed by atoms with Gasteiger partial charge < -0.3 is 15.4 Å². The molecule has 0 saturated carbocycles. The van der Waals surface area contributed by atoms with E-state index in [1.807, 2.05) is 6.07 Å². The van der Waals surface area contributed by atoms with Crippen LogP contribution in [0.4, 0.5) is 5.69 Å². The fourth-order valence-corrected chi connectivity index (χ4v) is 2.39. The van der Waals surface area contributed by atoms with E-state index < -0.39 is 24.4 Å². The fraction of sp³-hybridized carbons (Fsp3) is 0.105. The molecule has 0 aliphatic heterocycles. The standard InChI is InChI=1S/C19H16Cl2N2O4/c1-12(24)22-16(10-13-6-3-2-4-7-13)19(26)27-11-17(25)23-15-9-5-8-14(20)18(15)21/h2-10H,11H2,1H3,(H,22,24)(H,23,25)/b16-10+. The van der Waals surface area contributed by atoms with Crippen molar-refractivity contribution in [2.24, 2.45) is 0 Å². The van der Waals surface area contributed by atoms with Crippen molar-refractivity contribution in [1.82, 2.24) is 5.32 Å². The van der Waals surface area contributed by atoms with Crippen molar-refractivity contribution in [2.45, 2.75) is 6.92 Å². The van der Waals surface area contributed by atoms with Gasteiger partial charge in [-0.3, -0.25) is 9.59 Å². The average molecular weight is 407 g/mol. The van der Waals surface area contributed by atoms with Crippen LogP contribution in [0.5, 0.6) is 0 Å². The molecule has 0 aliphatic carbocycles. The van der Waals surface area contributed by atoms with Crippen molar-refractivity contribution in [3.8, 4) is 0 Å². The van der Waals surface area contributed by atoms with Crippen molar-refractivity contribution in [2.75, 3.05) is 11.9 Å². The molecule has 2 aromatic carbocycles. The predicted octanol–water partition coefficient (Wildman–Crippen LogP) is 3.65. The van der Waals surface area contributed by atoms with Crippen LogP contribution in [0, 0.1) is 0 Å².